The van der Waals surface area contributed by atoms with Crippen LogP contribution in [0.2, 0.25) is 0 Å². The zero-order chi connectivity index (χ0) is 15.2. The smallest absolute Gasteiger partial charge is 0.290 e. The largest absolute Gasteiger partial charge is 0.429 e. The molecule has 0 spiro atoms. The molecule has 1 aromatic heterocycles. The fourth-order valence-electron chi connectivity index (χ4n) is 2.13. The number of nitrogens with one attached hydrogen (secondary N) is 1. The number of ether oxygens (including phenoxy) is 1. The van der Waals surface area contributed by atoms with Crippen molar-refractivity contribution in [2.24, 2.45) is 0 Å². The van der Waals surface area contributed by atoms with Gasteiger partial charge in [0.05, 0.1) is 13.2 Å². The molecule has 4 heteroatoms. The number of anilines is 1. The summed E-state index contributed by atoms with van der Waals surface area (Å²) in [5.74, 6) is 1.96. The van der Waals surface area contributed by atoms with Gasteiger partial charge in [-0.1, -0.05) is 36.4 Å². The second kappa shape index (κ2) is 6.83. The Labute approximate surface area is 129 Å². The molecule has 0 saturated carbocycles. The first-order valence-corrected chi connectivity index (χ1v) is 7.09. The van der Waals surface area contributed by atoms with Crippen molar-refractivity contribution >= 4 is 5.69 Å². The minimum Gasteiger partial charge on any atom is -0.429 e. The van der Waals surface area contributed by atoms with Crippen molar-refractivity contribution in [3.63, 3.8) is 0 Å². The van der Waals surface area contributed by atoms with E-state index in [0.717, 1.165) is 22.8 Å². The van der Waals surface area contributed by atoms with E-state index in [4.69, 9.17) is 9.15 Å². The summed E-state index contributed by atoms with van der Waals surface area (Å²) >= 11 is 0. The van der Waals surface area contributed by atoms with Gasteiger partial charge in [0.15, 0.2) is 0 Å². The first-order valence-electron chi connectivity index (χ1n) is 7.09. The molecular formula is C18H17NO3. The number of furan rings is 1. The lowest BCUT2D eigenvalue weighted by Crippen LogP contribution is -2.01. The van der Waals surface area contributed by atoms with Crippen molar-refractivity contribution in [3.05, 3.63) is 78.1 Å². The molecule has 3 aromatic rings. The van der Waals surface area contributed by atoms with E-state index in [-0.39, 0.29) is 6.61 Å². The Kier molecular flexibility index (Phi) is 4.41. The molecule has 0 aliphatic heterocycles. The minimum atomic E-state index is 0.00367. The van der Waals surface area contributed by atoms with Gasteiger partial charge in [-0.3, -0.25) is 0 Å². The maximum atomic E-state index is 9.30. The Hall–Kier alpha value is -2.72. The van der Waals surface area contributed by atoms with Gasteiger partial charge in [-0.25, -0.2) is 0 Å². The molecule has 1 heterocycles. The Balaban J connectivity index is 1.62. The second-order valence-corrected chi connectivity index (χ2v) is 4.80. The fourth-order valence-corrected chi connectivity index (χ4v) is 2.13. The van der Waals surface area contributed by atoms with Gasteiger partial charge in [-0.15, -0.1) is 0 Å². The van der Waals surface area contributed by atoms with Gasteiger partial charge >= 0.3 is 0 Å². The summed E-state index contributed by atoms with van der Waals surface area (Å²) in [5.41, 5.74) is 1.75. The number of aliphatic hydroxyl groups excluding tert-OH is 1. The lowest BCUT2D eigenvalue weighted by atomic mass is 10.2. The van der Waals surface area contributed by atoms with Crippen LogP contribution >= 0.6 is 0 Å². The number of para-hydroxylation sites is 2. The predicted molar refractivity (Wildman–Crippen MR) is 84.9 cm³/mol. The van der Waals surface area contributed by atoms with Gasteiger partial charge in [0.1, 0.15) is 11.5 Å². The molecular weight excluding hydrogens is 278 g/mol. The number of hydrogen-bond acceptors (Lipinski definition) is 4. The zero-order valence-electron chi connectivity index (χ0n) is 12.0. The zero-order valence-corrected chi connectivity index (χ0v) is 12.0. The van der Waals surface area contributed by atoms with E-state index in [0.29, 0.717) is 12.5 Å². The van der Waals surface area contributed by atoms with Crippen molar-refractivity contribution in [3.8, 4) is 11.7 Å². The Morgan fingerprint density at radius 1 is 0.909 bits per heavy atom. The van der Waals surface area contributed by atoms with Crippen molar-refractivity contribution in [1.82, 2.24) is 0 Å². The lowest BCUT2D eigenvalue weighted by Gasteiger charge is -2.08. The van der Waals surface area contributed by atoms with E-state index in [1.807, 2.05) is 60.7 Å². The highest BCUT2D eigenvalue weighted by Crippen LogP contribution is 2.24. The molecule has 22 heavy (non-hydrogen) atoms. The molecule has 0 saturated heterocycles. The van der Waals surface area contributed by atoms with Crippen LogP contribution in [0.5, 0.6) is 11.7 Å². The molecule has 2 N–H and O–H groups in total. The summed E-state index contributed by atoms with van der Waals surface area (Å²) in [6.45, 7) is 0.527. The molecule has 3 rings (SSSR count). The maximum absolute atomic E-state index is 9.30. The molecule has 0 radical (unpaired) electrons. The van der Waals surface area contributed by atoms with E-state index < -0.39 is 0 Å². The fraction of sp³-hybridized carbons (Fsp3) is 0.111. The van der Waals surface area contributed by atoms with E-state index in [1.54, 1.807) is 6.07 Å². The van der Waals surface area contributed by atoms with Crippen molar-refractivity contribution in [2.45, 2.75) is 13.2 Å². The summed E-state index contributed by atoms with van der Waals surface area (Å²) in [6.07, 6.45) is 0. The molecule has 0 unspecified atom stereocenters. The molecule has 4 nitrogen and oxygen atoms in total. The lowest BCUT2D eigenvalue weighted by molar-refractivity contribution is 0.282. The summed E-state index contributed by atoms with van der Waals surface area (Å²) in [6, 6.07) is 20.8. The first kappa shape index (κ1) is 14.2. The third kappa shape index (κ3) is 3.48. The van der Waals surface area contributed by atoms with Crippen LogP contribution in [0, 0.1) is 0 Å². The van der Waals surface area contributed by atoms with Crippen LogP contribution < -0.4 is 10.1 Å². The van der Waals surface area contributed by atoms with Crippen LogP contribution in [0.4, 0.5) is 5.69 Å². The summed E-state index contributed by atoms with van der Waals surface area (Å²) in [4.78, 5) is 0. The van der Waals surface area contributed by atoms with Gasteiger partial charge in [-0.2, -0.15) is 0 Å². The average molecular weight is 295 g/mol. The highest BCUT2D eigenvalue weighted by molar-refractivity contribution is 5.50. The SMILES string of the molecule is OCc1ccccc1NCc1ccc(Oc2ccccc2)o1. The quantitative estimate of drug-likeness (QED) is 0.716. The van der Waals surface area contributed by atoms with Crippen LogP contribution in [0.25, 0.3) is 0 Å². The Morgan fingerprint density at radius 2 is 1.68 bits per heavy atom. The average Bonchev–Trinajstić information content (AvgIpc) is 3.01. The van der Waals surface area contributed by atoms with Gasteiger partial charge in [0.2, 0.25) is 0 Å². The third-order valence-electron chi connectivity index (χ3n) is 3.24. The third-order valence-corrected chi connectivity index (χ3v) is 3.24. The molecule has 0 amide bonds. The summed E-state index contributed by atoms with van der Waals surface area (Å²) < 4.78 is 11.3. The van der Waals surface area contributed by atoms with Gasteiger partial charge in [-0.05, 0) is 24.3 Å². The molecule has 0 atom stereocenters. The standard InChI is InChI=1S/C18H17NO3/c20-13-14-6-4-5-9-17(14)19-12-16-10-11-18(22-16)21-15-7-2-1-3-8-15/h1-11,19-20H,12-13H2. The Bertz CT molecular complexity index is 722. The van der Waals surface area contributed by atoms with Crippen molar-refractivity contribution in [2.75, 3.05) is 5.32 Å². The van der Waals surface area contributed by atoms with Crippen LogP contribution in [0.1, 0.15) is 11.3 Å². The molecule has 112 valence electrons. The number of aliphatic hydroxyl groups is 1. The Morgan fingerprint density at radius 3 is 2.50 bits per heavy atom. The highest BCUT2D eigenvalue weighted by Gasteiger charge is 2.05. The van der Waals surface area contributed by atoms with E-state index in [1.165, 1.54) is 0 Å². The summed E-state index contributed by atoms with van der Waals surface area (Å²) in [5, 5.41) is 12.5. The van der Waals surface area contributed by atoms with E-state index in [9.17, 15) is 5.11 Å². The monoisotopic (exact) mass is 295 g/mol. The minimum absolute atomic E-state index is 0.00367. The van der Waals surface area contributed by atoms with Crippen molar-refractivity contribution in [1.29, 1.82) is 0 Å². The molecule has 0 bridgehead atoms. The van der Waals surface area contributed by atoms with Gasteiger partial charge < -0.3 is 19.6 Å². The number of rotatable bonds is 6. The molecule has 2 aromatic carbocycles. The predicted octanol–water partition coefficient (Wildman–Crippen LogP) is 4.18. The second-order valence-electron chi connectivity index (χ2n) is 4.80. The van der Waals surface area contributed by atoms with Crippen LogP contribution in [0.3, 0.4) is 0 Å². The summed E-state index contributed by atoms with van der Waals surface area (Å²) in [7, 11) is 0. The van der Waals surface area contributed by atoms with Gasteiger partial charge in [0.25, 0.3) is 5.95 Å². The highest BCUT2D eigenvalue weighted by atomic mass is 16.6. The van der Waals surface area contributed by atoms with E-state index >= 15 is 0 Å². The van der Waals surface area contributed by atoms with Crippen LogP contribution in [-0.2, 0) is 13.2 Å². The first-order chi connectivity index (χ1) is 10.8. The molecule has 0 fully saturated rings. The number of benzene rings is 2. The number of hydrogen-bond donors (Lipinski definition) is 2. The topological polar surface area (TPSA) is 54.6 Å². The van der Waals surface area contributed by atoms with Gasteiger partial charge in [0, 0.05) is 17.3 Å². The normalized spacial score (nSPS) is 10.4. The maximum Gasteiger partial charge on any atom is 0.290 e. The molecule has 0 aliphatic carbocycles. The van der Waals surface area contributed by atoms with Crippen LogP contribution in [-0.4, -0.2) is 5.11 Å². The molecule has 0 aliphatic rings. The van der Waals surface area contributed by atoms with Crippen LogP contribution in [0.15, 0.2) is 71.1 Å². The van der Waals surface area contributed by atoms with Crippen molar-refractivity contribution < 1.29 is 14.3 Å². The van der Waals surface area contributed by atoms with E-state index in [2.05, 4.69) is 5.32 Å².